The molecule has 0 aromatic heterocycles. The predicted octanol–water partition coefficient (Wildman–Crippen LogP) is 8.63. The molecule has 0 aliphatic heterocycles. The molecule has 0 radical (unpaired) electrons. The molecule has 0 aromatic carbocycles. The molecule has 0 bridgehead atoms. The number of hydrogen-bond acceptors (Lipinski definition) is 0. The first kappa shape index (κ1) is 23.7. The maximum atomic E-state index is 3.69. The molecule has 0 aliphatic rings. The van der Waals surface area contributed by atoms with E-state index in [9.17, 15) is 0 Å². The van der Waals surface area contributed by atoms with E-state index in [4.69, 9.17) is 0 Å². The van der Waals surface area contributed by atoms with Crippen LogP contribution in [-0.4, -0.2) is 0 Å². The van der Waals surface area contributed by atoms with Gasteiger partial charge in [0.15, 0.2) is 0 Å². The van der Waals surface area contributed by atoms with Crippen LogP contribution < -0.4 is 0 Å². The average molecular weight is 309 g/mol. The van der Waals surface area contributed by atoms with Gasteiger partial charge in [-0.15, -0.1) is 6.58 Å². The first-order chi connectivity index (χ1) is 10.8. The van der Waals surface area contributed by atoms with Gasteiger partial charge in [-0.1, -0.05) is 103 Å². The summed E-state index contributed by atoms with van der Waals surface area (Å²) >= 11 is 0. The molecule has 0 aromatic rings. The van der Waals surface area contributed by atoms with Crippen LogP contribution in [0.4, 0.5) is 0 Å². The van der Waals surface area contributed by atoms with Crippen LogP contribution in [0.5, 0.6) is 0 Å². The van der Waals surface area contributed by atoms with Crippen LogP contribution in [0.15, 0.2) is 24.8 Å². The molecule has 0 aliphatic carbocycles. The Labute approximate surface area is 142 Å². The van der Waals surface area contributed by atoms with E-state index in [1.165, 1.54) is 96.3 Å². The number of allylic oxidation sites excluding steroid dienone is 3. The van der Waals surface area contributed by atoms with Gasteiger partial charge >= 0.3 is 0 Å². The van der Waals surface area contributed by atoms with Crippen LogP contribution >= 0.6 is 0 Å². The number of hydrogen-bond donors (Lipinski definition) is 0. The molecule has 0 amide bonds. The minimum atomic E-state index is 1.19. The Morgan fingerprint density at radius 3 is 1.45 bits per heavy atom. The molecule has 22 heavy (non-hydrogen) atoms. The van der Waals surface area contributed by atoms with Crippen molar-refractivity contribution in [1.29, 1.82) is 0 Å². The van der Waals surface area contributed by atoms with E-state index in [0.29, 0.717) is 0 Å². The van der Waals surface area contributed by atoms with Gasteiger partial charge in [0.1, 0.15) is 0 Å². The van der Waals surface area contributed by atoms with Crippen molar-refractivity contribution in [3.8, 4) is 0 Å². The molecule has 0 saturated heterocycles. The molecule has 0 saturated carbocycles. The summed E-state index contributed by atoms with van der Waals surface area (Å²) in [5, 5.41) is 0. The molecule has 0 atom stereocenters. The monoisotopic (exact) mass is 308 g/mol. The summed E-state index contributed by atoms with van der Waals surface area (Å²) in [6.07, 6.45) is 27.1. The second-order valence-electron chi connectivity index (χ2n) is 6.28. The van der Waals surface area contributed by atoms with E-state index in [1.54, 1.807) is 0 Å². The number of rotatable bonds is 15. The molecule has 0 heteroatoms. The highest BCUT2D eigenvalue weighted by atomic mass is 13.9. The van der Waals surface area contributed by atoms with Crippen molar-refractivity contribution >= 4 is 0 Å². The fourth-order valence-electron chi connectivity index (χ4n) is 2.40. The Kier molecular flexibility index (Phi) is 27.4. The molecule has 132 valence electrons. The Hall–Kier alpha value is -0.520. The molecule has 0 nitrogen and oxygen atoms in total. The Balaban J connectivity index is 0. The zero-order chi connectivity index (χ0) is 16.7. The van der Waals surface area contributed by atoms with Gasteiger partial charge in [-0.2, -0.15) is 0 Å². The van der Waals surface area contributed by atoms with Gasteiger partial charge in [-0.3, -0.25) is 0 Å². The van der Waals surface area contributed by atoms with Crippen molar-refractivity contribution in [2.45, 2.75) is 117 Å². The topological polar surface area (TPSA) is 0 Å². The summed E-state index contributed by atoms with van der Waals surface area (Å²) in [6, 6.07) is 0. The van der Waals surface area contributed by atoms with Gasteiger partial charge in [0.05, 0.1) is 0 Å². The third-order valence-corrected chi connectivity index (χ3v) is 3.89. The van der Waals surface area contributed by atoms with E-state index >= 15 is 0 Å². The minimum Gasteiger partial charge on any atom is -0.103 e. The van der Waals surface area contributed by atoms with Gasteiger partial charge in [0.25, 0.3) is 0 Å². The van der Waals surface area contributed by atoms with E-state index in [2.05, 4.69) is 39.5 Å². The molecule has 0 spiro atoms. The molecule has 0 fully saturated rings. The fraction of sp³-hybridized carbons (Fsp3) is 0.818. The maximum Gasteiger partial charge on any atom is -0.0351 e. The largest absolute Gasteiger partial charge is 0.103 e. The lowest BCUT2D eigenvalue weighted by atomic mass is 10.1. The van der Waals surface area contributed by atoms with Crippen molar-refractivity contribution in [1.82, 2.24) is 0 Å². The lowest BCUT2D eigenvalue weighted by Gasteiger charge is -1.97. The van der Waals surface area contributed by atoms with Gasteiger partial charge in [-0.05, 0) is 32.1 Å². The van der Waals surface area contributed by atoms with Crippen LogP contribution in [0.25, 0.3) is 0 Å². The molecule has 0 rings (SSSR count). The molecular formula is C22H44. The molecular weight excluding hydrogens is 264 g/mol. The summed E-state index contributed by atoms with van der Waals surface area (Å²) in [6.45, 7) is 10.4. The summed E-state index contributed by atoms with van der Waals surface area (Å²) in [5.41, 5.74) is 0. The molecule has 0 unspecified atom stereocenters. The smallest absolute Gasteiger partial charge is 0.0351 e. The highest BCUT2D eigenvalue weighted by Gasteiger charge is 1.87. The summed E-state index contributed by atoms with van der Waals surface area (Å²) in [4.78, 5) is 0. The van der Waals surface area contributed by atoms with Crippen LogP contribution in [0, 0.1) is 0 Å². The van der Waals surface area contributed by atoms with Crippen molar-refractivity contribution in [2.24, 2.45) is 0 Å². The van der Waals surface area contributed by atoms with Gasteiger partial charge in [0.2, 0.25) is 0 Å². The standard InChI is InChI=1S/C12H24.C10H20/c1-3-5-7-9-11-12-10-8-6-4-2;1-3-5-7-9-10-8-6-4-2/h5,7H,3-4,6,8-12H2,1-2H3;3H,1,4-10H2,2H3/b7-5+;. The van der Waals surface area contributed by atoms with Crippen molar-refractivity contribution in [3.05, 3.63) is 24.8 Å². The highest BCUT2D eigenvalue weighted by molar-refractivity contribution is 4.79. The van der Waals surface area contributed by atoms with E-state index in [0.717, 1.165) is 0 Å². The van der Waals surface area contributed by atoms with E-state index < -0.39 is 0 Å². The average Bonchev–Trinajstić information content (AvgIpc) is 2.54. The summed E-state index contributed by atoms with van der Waals surface area (Å²) in [5.74, 6) is 0. The van der Waals surface area contributed by atoms with Crippen LogP contribution in [0.2, 0.25) is 0 Å². The fourth-order valence-corrected chi connectivity index (χ4v) is 2.40. The lowest BCUT2D eigenvalue weighted by molar-refractivity contribution is 0.611. The van der Waals surface area contributed by atoms with Crippen LogP contribution in [-0.2, 0) is 0 Å². The Morgan fingerprint density at radius 2 is 1.00 bits per heavy atom. The normalized spacial score (nSPS) is 10.5. The van der Waals surface area contributed by atoms with Crippen molar-refractivity contribution in [2.75, 3.05) is 0 Å². The second-order valence-corrected chi connectivity index (χ2v) is 6.28. The summed E-state index contributed by atoms with van der Waals surface area (Å²) in [7, 11) is 0. The van der Waals surface area contributed by atoms with Gasteiger partial charge in [-0.25, -0.2) is 0 Å². The quantitative estimate of drug-likeness (QED) is 0.210. The third-order valence-electron chi connectivity index (χ3n) is 3.89. The maximum absolute atomic E-state index is 3.69. The zero-order valence-corrected chi connectivity index (χ0v) is 16.0. The SMILES string of the molecule is C=CCCCCCCCC.CC/C=C/CCCCCCCC. The number of unbranched alkanes of at least 4 members (excludes halogenated alkanes) is 12. The first-order valence-electron chi connectivity index (χ1n) is 10.1. The minimum absolute atomic E-state index is 1.19. The van der Waals surface area contributed by atoms with Crippen molar-refractivity contribution in [3.63, 3.8) is 0 Å². The zero-order valence-electron chi connectivity index (χ0n) is 16.0. The second kappa shape index (κ2) is 25.4. The van der Waals surface area contributed by atoms with Crippen LogP contribution in [0.1, 0.15) is 117 Å². The first-order valence-corrected chi connectivity index (χ1v) is 10.1. The third kappa shape index (κ3) is 27.8. The van der Waals surface area contributed by atoms with Crippen LogP contribution in [0.3, 0.4) is 0 Å². The molecule has 0 heterocycles. The van der Waals surface area contributed by atoms with E-state index in [1.807, 2.05) is 6.08 Å². The van der Waals surface area contributed by atoms with E-state index in [-0.39, 0.29) is 0 Å². The van der Waals surface area contributed by atoms with Gasteiger partial charge in [0, 0.05) is 0 Å². The molecule has 0 N–H and O–H groups in total. The van der Waals surface area contributed by atoms with Gasteiger partial charge < -0.3 is 0 Å². The predicted molar refractivity (Wildman–Crippen MR) is 106 cm³/mol. The highest BCUT2D eigenvalue weighted by Crippen LogP contribution is 2.07. The van der Waals surface area contributed by atoms with Crippen molar-refractivity contribution < 1.29 is 0 Å². The Morgan fingerprint density at radius 1 is 0.545 bits per heavy atom. The summed E-state index contributed by atoms with van der Waals surface area (Å²) < 4.78 is 0. The Bertz CT molecular complexity index is 202. The lowest BCUT2D eigenvalue weighted by Crippen LogP contribution is -1.77.